The molecule has 1 fully saturated rings. The Morgan fingerprint density at radius 3 is 2.38 bits per heavy atom. The number of hydrogen-bond donors (Lipinski definition) is 3. The van der Waals surface area contributed by atoms with Crippen molar-refractivity contribution in [1.29, 1.82) is 0 Å². The number of amidine groups is 1. The number of nitrogens with zero attached hydrogens (tertiary/aromatic N) is 2. The number of aliphatic hydroxyl groups is 1. The van der Waals surface area contributed by atoms with Crippen molar-refractivity contribution in [3.63, 3.8) is 0 Å². The molecule has 0 amide bonds. The van der Waals surface area contributed by atoms with Crippen LogP contribution < -0.4 is 4.90 Å². The van der Waals surface area contributed by atoms with Crippen LogP contribution in [0.25, 0.3) is 11.1 Å². The fraction of sp³-hybridized carbons (Fsp3) is 0.387. The Hall–Kier alpha value is -3.36. The van der Waals surface area contributed by atoms with Crippen molar-refractivity contribution in [2.24, 2.45) is 10.9 Å². The highest BCUT2D eigenvalue weighted by Gasteiger charge is 2.33. The Bertz CT molecular complexity index is 1310. The summed E-state index contributed by atoms with van der Waals surface area (Å²) in [5, 5.41) is 21.3. The summed E-state index contributed by atoms with van der Waals surface area (Å²) in [6.45, 7) is 6.17. The molecule has 206 valence electrons. The van der Waals surface area contributed by atoms with Gasteiger partial charge >= 0.3 is 6.18 Å². The van der Waals surface area contributed by atoms with Gasteiger partial charge in [-0.05, 0) is 79.3 Å². The van der Waals surface area contributed by atoms with Gasteiger partial charge in [0.2, 0.25) is 0 Å². The number of nitrogens with one attached hydrogen (secondary N) is 1. The number of hydrogen-bond acceptors (Lipinski definition) is 4. The quantitative estimate of drug-likeness (QED) is 0.380. The zero-order valence-electron chi connectivity index (χ0n) is 22.1. The summed E-state index contributed by atoms with van der Waals surface area (Å²) in [6.07, 6.45) is -1.94. The molecule has 0 aliphatic carbocycles. The molecule has 39 heavy (non-hydrogen) atoms. The first-order chi connectivity index (χ1) is 18.7. The molecular formula is C31H35F3N3O2+. The first-order valence-electron chi connectivity index (χ1n) is 13.7. The van der Waals surface area contributed by atoms with E-state index in [2.05, 4.69) is 6.92 Å². The Kier molecular flexibility index (Phi) is 7.96. The predicted molar refractivity (Wildman–Crippen MR) is 146 cm³/mol. The second kappa shape index (κ2) is 11.4. The number of phenols is 1. The zero-order chi connectivity index (χ0) is 27.6. The largest absolute Gasteiger partial charge is 0.508 e. The molecule has 8 heteroatoms. The summed E-state index contributed by atoms with van der Waals surface area (Å²) in [5.41, 5.74) is 3.43. The Morgan fingerprint density at radius 1 is 0.974 bits per heavy atom. The van der Waals surface area contributed by atoms with Gasteiger partial charge < -0.3 is 20.0 Å². The molecule has 3 unspecified atom stereocenters. The van der Waals surface area contributed by atoms with Crippen LogP contribution in [0.5, 0.6) is 5.75 Å². The molecule has 3 atom stereocenters. The first kappa shape index (κ1) is 27.2. The topological polar surface area (TPSA) is 60.5 Å². The third-order valence-electron chi connectivity index (χ3n) is 7.98. The summed E-state index contributed by atoms with van der Waals surface area (Å²) in [5.74, 6) is 1.37. The summed E-state index contributed by atoms with van der Waals surface area (Å²) in [7, 11) is 0. The van der Waals surface area contributed by atoms with Crippen LogP contribution in [0.1, 0.15) is 49.1 Å². The number of halogens is 3. The van der Waals surface area contributed by atoms with E-state index in [1.54, 1.807) is 17.0 Å². The van der Waals surface area contributed by atoms with Gasteiger partial charge in [-0.25, -0.2) is 4.99 Å². The molecule has 0 radical (unpaired) electrons. The van der Waals surface area contributed by atoms with Crippen LogP contribution in [0.2, 0.25) is 0 Å². The van der Waals surface area contributed by atoms with Crippen molar-refractivity contribution in [1.82, 2.24) is 4.90 Å². The average molecular weight is 539 g/mol. The molecule has 3 N–H and O–H groups in total. The van der Waals surface area contributed by atoms with Crippen molar-refractivity contribution in [3.8, 4) is 16.9 Å². The number of fused-ring (bicyclic) bond motifs is 1. The van der Waals surface area contributed by atoms with Gasteiger partial charge in [0.25, 0.3) is 0 Å². The third kappa shape index (κ3) is 6.28. The van der Waals surface area contributed by atoms with E-state index in [0.717, 1.165) is 66.2 Å². The lowest BCUT2D eigenvalue weighted by Crippen LogP contribution is -3.13. The van der Waals surface area contributed by atoms with Crippen molar-refractivity contribution >= 4 is 11.5 Å². The zero-order valence-corrected chi connectivity index (χ0v) is 22.1. The standard InChI is InChI=1S/C31H34F3N3O2/c1-2-36-17-3-4-22(19-36)20-37-29(16-7-21-5-11-25(12-6-21)31(32,33)34)35-28-15-10-24(18-27(28)30(37)39)23-8-13-26(38)14-9-23/h5-6,8-15,18,22,30,38-39H,2-4,7,16-17,19-20H2,1H3/p+1. The van der Waals surface area contributed by atoms with Gasteiger partial charge in [-0.1, -0.05) is 30.3 Å². The summed E-state index contributed by atoms with van der Waals surface area (Å²) in [6, 6.07) is 18.1. The average Bonchev–Trinajstić information content (AvgIpc) is 2.94. The number of benzene rings is 3. The summed E-state index contributed by atoms with van der Waals surface area (Å²) in [4.78, 5) is 8.52. The highest BCUT2D eigenvalue weighted by molar-refractivity contribution is 5.88. The van der Waals surface area contributed by atoms with Crippen LogP contribution in [0.4, 0.5) is 18.9 Å². The molecule has 1 saturated heterocycles. The van der Waals surface area contributed by atoms with Gasteiger partial charge in [-0.15, -0.1) is 0 Å². The van der Waals surface area contributed by atoms with Crippen molar-refractivity contribution in [2.45, 2.75) is 45.0 Å². The highest BCUT2D eigenvalue weighted by Crippen LogP contribution is 2.38. The Labute approximate surface area is 227 Å². The molecule has 3 aromatic carbocycles. The van der Waals surface area contributed by atoms with Gasteiger partial charge in [-0.2, -0.15) is 13.2 Å². The van der Waals surface area contributed by atoms with Crippen LogP contribution in [0, 0.1) is 5.92 Å². The molecule has 2 heterocycles. The summed E-state index contributed by atoms with van der Waals surface area (Å²) < 4.78 is 39.0. The maximum atomic E-state index is 13.0. The number of aromatic hydroxyl groups is 1. The second-order valence-electron chi connectivity index (χ2n) is 10.6. The van der Waals surface area contributed by atoms with E-state index in [-0.39, 0.29) is 5.75 Å². The van der Waals surface area contributed by atoms with Crippen LogP contribution in [-0.4, -0.2) is 47.1 Å². The molecule has 3 aromatic rings. The van der Waals surface area contributed by atoms with Gasteiger partial charge in [0.1, 0.15) is 11.6 Å². The highest BCUT2D eigenvalue weighted by atomic mass is 19.4. The van der Waals surface area contributed by atoms with Gasteiger partial charge in [0.15, 0.2) is 6.23 Å². The van der Waals surface area contributed by atoms with E-state index in [0.29, 0.717) is 31.0 Å². The molecule has 5 rings (SSSR count). The van der Waals surface area contributed by atoms with Crippen molar-refractivity contribution in [3.05, 3.63) is 83.4 Å². The number of aliphatic hydroxyl groups excluding tert-OH is 1. The minimum absolute atomic E-state index is 0.195. The lowest BCUT2D eigenvalue weighted by molar-refractivity contribution is -0.906. The lowest BCUT2D eigenvalue weighted by Gasteiger charge is -2.39. The summed E-state index contributed by atoms with van der Waals surface area (Å²) >= 11 is 0. The number of aryl methyl sites for hydroxylation is 1. The Morgan fingerprint density at radius 2 is 1.69 bits per heavy atom. The van der Waals surface area contributed by atoms with Crippen LogP contribution in [0.15, 0.2) is 71.7 Å². The van der Waals surface area contributed by atoms with E-state index >= 15 is 0 Å². The fourth-order valence-corrected chi connectivity index (χ4v) is 5.74. The minimum atomic E-state index is -4.36. The molecule has 0 spiro atoms. The van der Waals surface area contributed by atoms with E-state index in [1.165, 1.54) is 18.7 Å². The van der Waals surface area contributed by atoms with Crippen molar-refractivity contribution < 1.29 is 28.3 Å². The number of quaternary nitrogens is 1. The van der Waals surface area contributed by atoms with E-state index in [9.17, 15) is 23.4 Å². The molecule has 2 aliphatic heterocycles. The maximum absolute atomic E-state index is 13.0. The Balaban J connectivity index is 1.42. The van der Waals surface area contributed by atoms with E-state index < -0.39 is 18.0 Å². The van der Waals surface area contributed by atoms with Crippen molar-refractivity contribution in [2.75, 3.05) is 26.2 Å². The number of aliphatic imine (C=N–C) groups is 1. The number of piperidine rings is 1. The third-order valence-corrected chi connectivity index (χ3v) is 7.98. The van der Waals surface area contributed by atoms with Crippen LogP contribution >= 0.6 is 0 Å². The first-order valence-corrected chi connectivity index (χ1v) is 13.7. The van der Waals surface area contributed by atoms with Gasteiger partial charge in [0.05, 0.1) is 30.9 Å². The maximum Gasteiger partial charge on any atom is 0.416 e. The lowest BCUT2D eigenvalue weighted by atomic mass is 9.95. The van der Waals surface area contributed by atoms with Crippen LogP contribution in [-0.2, 0) is 12.6 Å². The number of rotatable bonds is 7. The smallest absolute Gasteiger partial charge is 0.416 e. The number of alkyl halides is 3. The predicted octanol–water partition coefficient (Wildman–Crippen LogP) is 5.36. The molecule has 0 aromatic heterocycles. The van der Waals surface area contributed by atoms with Gasteiger partial charge in [0, 0.05) is 24.4 Å². The SMILES string of the molecule is CC[NH+]1CCCC(CN2C(CCc3ccc(C(F)(F)F)cc3)=Nc3ccc(-c4ccc(O)cc4)cc3C2O)C1. The molecule has 0 bridgehead atoms. The minimum Gasteiger partial charge on any atom is -0.508 e. The van der Waals surface area contributed by atoms with E-state index in [4.69, 9.17) is 4.99 Å². The van der Waals surface area contributed by atoms with Crippen LogP contribution in [0.3, 0.4) is 0 Å². The van der Waals surface area contributed by atoms with E-state index in [1.807, 2.05) is 35.2 Å². The monoisotopic (exact) mass is 538 g/mol. The number of likely N-dealkylation sites (tertiary alicyclic amines) is 1. The van der Waals surface area contributed by atoms with Gasteiger partial charge in [-0.3, -0.25) is 0 Å². The fourth-order valence-electron chi connectivity index (χ4n) is 5.74. The molecule has 2 aliphatic rings. The normalized spacial score (nSPS) is 21.4. The second-order valence-corrected chi connectivity index (χ2v) is 10.6. The number of phenolic OH excluding ortho intramolecular Hbond substituents is 1. The molecule has 0 saturated carbocycles. The molecule has 5 nitrogen and oxygen atoms in total. The molecular weight excluding hydrogens is 503 g/mol.